The van der Waals surface area contributed by atoms with Crippen LogP contribution < -0.4 is 10.3 Å². The average molecular weight is 265 g/mol. The van der Waals surface area contributed by atoms with Gasteiger partial charge in [0.1, 0.15) is 12.4 Å². The fourth-order valence-corrected chi connectivity index (χ4v) is 2.27. The second-order valence-corrected chi connectivity index (χ2v) is 4.75. The minimum absolute atomic E-state index is 0.0907. The summed E-state index contributed by atoms with van der Waals surface area (Å²) in [6, 6.07) is 15.6. The highest BCUT2D eigenvalue weighted by Crippen LogP contribution is 2.28. The van der Waals surface area contributed by atoms with Crippen LogP contribution in [-0.4, -0.2) is 4.98 Å². The van der Waals surface area contributed by atoms with Crippen LogP contribution >= 0.6 is 0 Å². The van der Waals surface area contributed by atoms with Gasteiger partial charge in [-0.2, -0.15) is 0 Å². The van der Waals surface area contributed by atoms with Crippen molar-refractivity contribution in [3.05, 3.63) is 76.2 Å². The predicted molar refractivity (Wildman–Crippen MR) is 80.1 cm³/mol. The van der Waals surface area contributed by atoms with Crippen molar-refractivity contribution < 1.29 is 4.74 Å². The van der Waals surface area contributed by atoms with E-state index in [0.29, 0.717) is 12.0 Å². The van der Waals surface area contributed by atoms with Crippen molar-refractivity contribution in [1.82, 2.24) is 4.98 Å². The van der Waals surface area contributed by atoms with Crippen LogP contribution in [-0.2, 0) is 6.61 Å². The third-order valence-electron chi connectivity index (χ3n) is 3.33. The number of benzene rings is 2. The van der Waals surface area contributed by atoms with Gasteiger partial charge in [-0.15, -0.1) is 0 Å². The van der Waals surface area contributed by atoms with Crippen LogP contribution in [0.3, 0.4) is 0 Å². The first-order chi connectivity index (χ1) is 9.75. The molecule has 0 aliphatic heterocycles. The van der Waals surface area contributed by atoms with Crippen LogP contribution in [0.2, 0.25) is 0 Å². The SMILES string of the molecule is Cc1ccc2c(=O)[nH]ccc2c1OCc1ccccc1. The Kier molecular flexibility index (Phi) is 3.25. The molecular weight excluding hydrogens is 250 g/mol. The minimum atomic E-state index is -0.0907. The molecule has 0 saturated carbocycles. The van der Waals surface area contributed by atoms with Gasteiger partial charge in [0, 0.05) is 11.6 Å². The smallest absolute Gasteiger partial charge is 0.255 e. The third kappa shape index (κ3) is 2.30. The molecule has 3 rings (SSSR count). The van der Waals surface area contributed by atoms with Gasteiger partial charge in [-0.3, -0.25) is 4.79 Å². The van der Waals surface area contributed by atoms with Crippen molar-refractivity contribution >= 4 is 10.8 Å². The number of aromatic nitrogens is 1. The second-order valence-electron chi connectivity index (χ2n) is 4.75. The van der Waals surface area contributed by atoms with Gasteiger partial charge < -0.3 is 9.72 Å². The highest BCUT2D eigenvalue weighted by Gasteiger charge is 2.08. The molecule has 1 heterocycles. The monoisotopic (exact) mass is 265 g/mol. The summed E-state index contributed by atoms with van der Waals surface area (Å²) in [5.74, 6) is 0.775. The van der Waals surface area contributed by atoms with Gasteiger partial charge in [-0.05, 0) is 30.2 Å². The lowest BCUT2D eigenvalue weighted by atomic mass is 10.1. The zero-order chi connectivity index (χ0) is 13.9. The molecule has 0 radical (unpaired) electrons. The fourth-order valence-electron chi connectivity index (χ4n) is 2.27. The first-order valence-electron chi connectivity index (χ1n) is 6.53. The van der Waals surface area contributed by atoms with Crippen molar-refractivity contribution in [3.63, 3.8) is 0 Å². The number of aryl methyl sites for hydroxylation is 1. The Labute approximate surface area is 116 Å². The standard InChI is InChI=1S/C17H15NO2/c1-12-7-8-15-14(9-10-18-17(15)19)16(12)20-11-13-5-3-2-4-6-13/h2-10H,11H2,1H3,(H,18,19). The zero-order valence-corrected chi connectivity index (χ0v) is 11.2. The van der Waals surface area contributed by atoms with E-state index in [-0.39, 0.29) is 5.56 Å². The van der Waals surface area contributed by atoms with Crippen molar-refractivity contribution in [3.8, 4) is 5.75 Å². The van der Waals surface area contributed by atoms with Gasteiger partial charge in [0.15, 0.2) is 0 Å². The van der Waals surface area contributed by atoms with E-state index < -0.39 is 0 Å². The Morgan fingerprint density at radius 1 is 1.00 bits per heavy atom. The average Bonchev–Trinajstić information content (AvgIpc) is 2.47. The molecular formula is C17H15NO2. The lowest BCUT2D eigenvalue weighted by molar-refractivity contribution is 0.308. The lowest BCUT2D eigenvalue weighted by Crippen LogP contribution is -2.06. The molecule has 0 unspecified atom stereocenters. The molecule has 0 amide bonds. The van der Waals surface area contributed by atoms with Gasteiger partial charge in [0.05, 0.1) is 5.39 Å². The van der Waals surface area contributed by atoms with Gasteiger partial charge in [-0.1, -0.05) is 36.4 Å². The van der Waals surface area contributed by atoms with E-state index in [4.69, 9.17) is 4.74 Å². The van der Waals surface area contributed by atoms with E-state index in [1.54, 1.807) is 6.20 Å². The van der Waals surface area contributed by atoms with E-state index in [9.17, 15) is 4.79 Å². The first-order valence-corrected chi connectivity index (χ1v) is 6.53. The van der Waals surface area contributed by atoms with Gasteiger partial charge in [-0.25, -0.2) is 0 Å². The van der Waals surface area contributed by atoms with Crippen molar-refractivity contribution in [2.45, 2.75) is 13.5 Å². The number of pyridine rings is 1. The molecule has 100 valence electrons. The Balaban J connectivity index is 2.00. The number of aromatic amines is 1. The first kappa shape index (κ1) is 12.5. The fraction of sp³-hybridized carbons (Fsp3) is 0.118. The maximum absolute atomic E-state index is 11.8. The topological polar surface area (TPSA) is 42.1 Å². The zero-order valence-electron chi connectivity index (χ0n) is 11.2. The summed E-state index contributed by atoms with van der Waals surface area (Å²) in [6.45, 7) is 2.48. The van der Waals surface area contributed by atoms with Crippen LogP contribution in [0.15, 0.2) is 59.5 Å². The molecule has 0 spiro atoms. The van der Waals surface area contributed by atoms with Crippen LogP contribution in [0.4, 0.5) is 0 Å². The molecule has 2 aromatic carbocycles. The molecule has 1 aromatic heterocycles. The Bertz CT molecular complexity index is 791. The summed E-state index contributed by atoms with van der Waals surface area (Å²) in [7, 11) is 0. The van der Waals surface area contributed by atoms with E-state index >= 15 is 0 Å². The van der Waals surface area contributed by atoms with Crippen molar-refractivity contribution in [2.24, 2.45) is 0 Å². The molecule has 20 heavy (non-hydrogen) atoms. The number of ether oxygens (including phenoxy) is 1. The summed E-state index contributed by atoms with van der Waals surface area (Å²) >= 11 is 0. The largest absolute Gasteiger partial charge is 0.488 e. The maximum atomic E-state index is 11.8. The Morgan fingerprint density at radius 2 is 1.80 bits per heavy atom. The Hall–Kier alpha value is -2.55. The molecule has 3 nitrogen and oxygen atoms in total. The predicted octanol–water partition coefficient (Wildman–Crippen LogP) is 3.42. The molecule has 0 aliphatic carbocycles. The van der Waals surface area contributed by atoms with E-state index in [1.807, 2.05) is 55.5 Å². The summed E-state index contributed by atoms with van der Waals surface area (Å²) < 4.78 is 5.94. The molecule has 0 bridgehead atoms. The number of H-pyrrole nitrogens is 1. The molecule has 0 atom stereocenters. The summed E-state index contributed by atoms with van der Waals surface area (Å²) in [4.78, 5) is 14.5. The number of hydrogen-bond acceptors (Lipinski definition) is 2. The van der Waals surface area contributed by atoms with Crippen molar-refractivity contribution in [1.29, 1.82) is 0 Å². The Morgan fingerprint density at radius 3 is 2.60 bits per heavy atom. The quantitative estimate of drug-likeness (QED) is 0.788. The molecule has 1 N–H and O–H groups in total. The highest BCUT2D eigenvalue weighted by molar-refractivity contribution is 5.88. The molecule has 3 heteroatoms. The van der Waals surface area contributed by atoms with Crippen LogP contribution in [0.25, 0.3) is 10.8 Å². The van der Waals surface area contributed by atoms with Crippen LogP contribution in [0.5, 0.6) is 5.75 Å². The van der Waals surface area contributed by atoms with Crippen LogP contribution in [0.1, 0.15) is 11.1 Å². The van der Waals surface area contributed by atoms with E-state index in [2.05, 4.69) is 4.98 Å². The maximum Gasteiger partial charge on any atom is 0.255 e. The van der Waals surface area contributed by atoms with Gasteiger partial charge in [0.25, 0.3) is 5.56 Å². The summed E-state index contributed by atoms with van der Waals surface area (Å²) in [5, 5.41) is 1.51. The molecule has 0 saturated heterocycles. The van der Waals surface area contributed by atoms with Gasteiger partial charge in [0.2, 0.25) is 0 Å². The molecule has 0 aliphatic rings. The molecule has 3 aromatic rings. The highest BCUT2D eigenvalue weighted by atomic mass is 16.5. The lowest BCUT2D eigenvalue weighted by Gasteiger charge is -2.12. The number of hydrogen-bond donors (Lipinski definition) is 1. The summed E-state index contributed by atoms with van der Waals surface area (Å²) in [5.41, 5.74) is 2.04. The number of rotatable bonds is 3. The summed E-state index contributed by atoms with van der Waals surface area (Å²) in [6.07, 6.45) is 1.65. The van der Waals surface area contributed by atoms with Crippen LogP contribution in [0, 0.1) is 6.92 Å². The normalized spacial score (nSPS) is 10.7. The third-order valence-corrected chi connectivity index (χ3v) is 3.33. The van der Waals surface area contributed by atoms with Crippen molar-refractivity contribution in [2.75, 3.05) is 0 Å². The van der Waals surface area contributed by atoms with E-state index in [1.165, 1.54) is 0 Å². The van der Waals surface area contributed by atoms with Gasteiger partial charge >= 0.3 is 0 Å². The molecule has 0 fully saturated rings. The number of nitrogens with one attached hydrogen (secondary N) is 1. The van der Waals surface area contributed by atoms with E-state index in [0.717, 1.165) is 22.3 Å². The minimum Gasteiger partial charge on any atom is -0.488 e. The number of fused-ring (bicyclic) bond motifs is 1. The second kappa shape index (κ2) is 5.21.